The summed E-state index contributed by atoms with van der Waals surface area (Å²) < 4.78 is 35.3. The Hall–Kier alpha value is -2.47. The predicted octanol–water partition coefficient (Wildman–Crippen LogP) is 2.59. The van der Waals surface area contributed by atoms with Gasteiger partial charge in [-0.2, -0.15) is 0 Å². The van der Waals surface area contributed by atoms with Crippen molar-refractivity contribution in [3.05, 3.63) is 46.7 Å². The Morgan fingerprint density at radius 3 is 2.30 bits per heavy atom. The zero-order chi connectivity index (χ0) is 23.6. The SMILES string of the molecule is NCCOCCOCCOCCOc1cc2c(cc1N)C(N)N(c1ccc(F)c(Cl)c1)C=N2. The molecule has 11 heteroatoms. The lowest BCUT2D eigenvalue weighted by molar-refractivity contribution is 0.0106. The lowest BCUT2D eigenvalue weighted by atomic mass is 10.1. The number of nitrogens with zero attached hydrogens (tertiary/aromatic N) is 2. The summed E-state index contributed by atoms with van der Waals surface area (Å²) in [5.41, 5.74) is 20.3. The number of hydrogen-bond donors (Lipinski definition) is 3. The Kier molecular flexibility index (Phi) is 9.67. The molecule has 0 saturated heterocycles. The largest absolute Gasteiger partial charge is 0.489 e. The van der Waals surface area contributed by atoms with Crippen LogP contribution in [0.5, 0.6) is 5.75 Å². The van der Waals surface area contributed by atoms with Gasteiger partial charge >= 0.3 is 0 Å². The van der Waals surface area contributed by atoms with Crippen LogP contribution in [0.4, 0.5) is 21.5 Å². The molecule has 180 valence electrons. The van der Waals surface area contributed by atoms with E-state index in [1.165, 1.54) is 12.1 Å². The molecule has 0 aromatic heterocycles. The minimum absolute atomic E-state index is 0.00691. The molecule has 0 bridgehead atoms. The number of ether oxygens (including phenoxy) is 4. The van der Waals surface area contributed by atoms with Crippen molar-refractivity contribution in [2.45, 2.75) is 6.17 Å². The lowest BCUT2D eigenvalue weighted by Gasteiger charge is -2.31. The van der Waals surface area contributed by atoms with E-state index < -0.39 is 12.0 Å². The molecule has 0 spiro atoms. The monoisotopic (exact) mass is 481 g/mol. The molecule has 0 radical (unpaired) electrons. The fourth-order valence-corrected chi connectivity index (χ4v) is 3.31. The molecular formula is C22H29ClFN5O4. The summed E-state index contributed by atoms with van der Waals surface area (Å²) in [5.74, 6) is -0.00733. The molecule has 9 nitrogen and oxygen atoms in total. The number of nitrogen functional groups attached to an aromatic ring is 1. The maximum absolute atomic E-state index is 13.5. The van der Waals surface area contributed by atoms with Gasteiger partial charge in [-0.1, -0.05) is 11.6 Å². The molecular weight excluding hydrogens is 453 g/mol. The van der Waals surface area contributed by atoms with Gasteiger partial charge < -0.3 is 41.0 Å². The first-order valence-corrected chi connectivity index (χ1v) is 10.9. The highest BCUT2D eigenvalue weighted by atomic mass is 35.5. The fraction of sp³-hybridized carbons (Fsp3) is 0.409. The van der Waals surface area contributed by atoms with Gasteiger partial charge in [-0.25, -0.2) is 9.38 Å². The maximum Gasteiger partial charge on any atom is 0.144 e. The van der Waals surface area contributed by atoms with Crippen LogP contribution >= 0.6 is 11.6 Å². The Bertz CT molecular complexity index is 949. The van der Waals surface area contributed by atoms with Gasteiger partial charge in [0.05, 0.1) is 62.4 Å². The molecule has 0 aliphatic carbocycles. The fourth-order valence-electron chi connectivity index (χ4n) is 3.13. The maximum atomic E-state index is 13.5. The van der Waals surface area contributed by atoms with Gasteiger partial charge in [0.1, 0.15) is 24.3 Å². The van der Waals surface area contributed by atoms with Gasteiger partial charge in [-0.15, -0.1) is 0 Å². The van der Waals surface area contributed by atoms with Crippen LogP contribution in [0.3, 0.4) is 0 Å². The number of nitrogens with two attached hydrogens (primary N) is 3. The van der Waals surface area contributed by atoms with Crippen LogP contribution in [-0.4, -0.2) is 59.1 Å². The minimum atomic E-state index is -0.570. The van der Waals surface area contributed by atoms with Gasteiger partial charge in [0, 0.05) is 23.9 Å². The Morgan fingerprint density at radius 1 is 0.970 bits per heavy atom. The molecule has 2 aromatic carbocycles. The number of aliphatic imine (C=N–C) groups is 1. The van der Waals surface area contributed by atoms with E-state index in [9.17, 15) is 4.39 Å². The number of fused-ring (bicyclic) bond motifs is 1. The topological polar surface area (TPSA) is 131 Å². The van der Waals surface area contributed by atoms with E-state index in [4.69, 9.17) is 47.7 Å². The number of anilines is 2. The lowest BCUT2D eigenvalue weighted by Crippen LogP contribution is -2.35. The van der Waals surface area contributed by atoms with E-state index in [-0.39, 0.29) is 5.02 Å². The molecule has 0 saturated carbocycles. The molecule has 1 aliphatic rings. The zero-order valence-corrected chi connectivity index (χ0v) is 19.0. The predicted molar refractivity (Wildman–Crippen MR) is 127 cm³/mol. The highest BCUT2D eigenvalue weighted by Gasteiger charge is 2.24. The Morgan fingerprint density at radius 2 is 1.64 bits per heavy atom. The summed E-state index contributed by atoms with van der Waals surface area (Å²) >= 11 is 5.90. The third-order valence-corrected chi connectivity index (χ3v) is 5.08. The van der Waals surface area contributed by atoms with Crippen LogP contribution in [0.2, 0.25) is 5.02 Å². The summed E-state index contributed by atoms with van der Waals surface area (Å²) in [6.45, 7) is 3.66. The molecule has 1 aliphatic heterocycles. The summed E-state index contributed by atoms with van der Waals surface area (Å²) in [6, 6.07) is 7.83. The highest BCUT2D eigenvalue weighted by molar-refractivity contribution is 6.31. The second-order valence-electron chi connectivity index (χ2n) is 7.12. The second-order valence-corrected chi connectivity index (χ2v) is 7.53. The molecule has 33 heavy (non-hydrogen) atoms. The van der Waals surface area contributed by atoms with Crippen LogP contribution in [0.25, 0.3) is 0 Å². The van der Waals surface area contributed by atoms with Crippen LogP contribution in [0.1, 0.15) is 11.7 Å². The quantitative estimate of drug-likeness (QED) is 0.294. The van der Waals surface area contributed by atoms with Crippen molar-refractivity contribution in [2.75, 3.05) is 63.4 Å². The first-order chi connectivity index (χ1) is 16.0. The molecule has 6 N–H and O–H groups in total. The number of rotatable bonds is 13. The molecule has 1 heterocycles. The highest BCUT2D eigenvalue weighted by Crippen LogP contribution is 2.39. The van der Waals surface area contributed by atoms with E-state index in [0.29, 0.717) is 81.2 Å². The molecule has 0 amide bonds. The third-order valence-electron chi connectivity index (χ3n) is 4.79. The minimum Gasteiger partial charge on any atom is -0.489 e. The number of hydrogen-bond acceptors (Lipinski definition) is 9. The standard InChI is InChI=1S/C22H29ClFN5O4/c23-17-11-15(1-2-18(17)24)29-14-28-20-13-21(19(26)12-16(20)22(29)27)33-10-9-32-8-7-31-6-5-30-4-3-25/h1-2,11-14,22H,3-10,25-27H2. The van der Waals surface area contributed by atoms with Gasteiger partial charge in [0.25, 0.3) is 0 Å². The first-order valence-electron chi connectivity index (χ1n) is 10.5. The zero-order valence-electron chi connectivity index (χ0n) is 18.2. The smallest absolute Gasteiger partial charge is 0.144 e. The number of benzene rings is 2. The van der Waals surface area contributed by atoms with E-state index in [0.717, 1.165) is 0 Å². The Labute approximate surface area is 197 Å². The van der Waals surface area contributed by atoms with Gasteiger partial charge in [-0.3, -0.25) is 0 Å². The van der Waals surface area contributed by atoms with Crippen molar-refractivity contribution in [1.82, 2.24) is 0 Å². The van der Waals surface area contributed by atoms with Crippen molar-refractivity contribution in [1.29, 1.82) is 0 Å². The summed E-state index contributed by atoms with van der Waals surface area (Å²) in [7, 11) is 0. The summed E-state index contributed by atoms with van der Waals surface area (Å²) in [6.07, 6.45) is 1.00. The van der Waals surface area contributed by atoms with E-state index in [1.807, 2.05) is 0 Å². The molecule has 0 fully saturated rings. The second kappa shape index (κ2) is 12.7. The average molecular weight is 482 g/mol. The third kappa shape index (κ3) is 7.00. The van der Waals surface area contributed by atoms with Crippen molar-refractivity contribution in [3.8, 4) is 5.75 Å². The van der Waals surface area contributed by atoms with E-state index >= 15 is 0 Å². The van der Waals surface area contributed by atoms with Crippen LogP contribution in [0, 0.1) is 5.82 Å². The van der Waals surface area contributed by atoms with Crippen molar-refractivity contribution in [3.63, 3.8) is 0 Å². The first kappa shape index (κ1) is 25.2. The normalized spacial score (nSPS) is 15.0. The molecule has 2 aromatic rings. The molecule has 1 atom stereocenters. The van der Waals surface area contributed by atoms with E-state index in [1.54, 1.807) is 29.4 Å². The van der Waals surface area contributed by atoms with Crippen molar-refractivity contribution < 1.29 is 23.3 Å². The van der Waals surface area contributed by atoms with Crippen molar-refractivity contribution in [2.24, 2.45) is 16.5 Å². The van der Waals surface area contributed by atoms with Gasteiger partial charge in [0.2, 0.25) is 0 Å². The van der Waals surface area contributed by atoms with E-state index in [2.05, 4.69) is 4.99 Å². The van der Waals surface area contributed by atoms with Crippen LogP contribution in [-0.2, 0) is 14.2 Å². The van der Waals surface area contributed by atoms with Crippen LogP contribution in [0.15, 0.2) is 35.3 Å². The molecule has 1 unspecified atom stereocenters. The van der Waals surface area contributed by atoms with Crippen molar-refractivity contribution >= 4 is 35.0 Å². The average Bonchev–Trinajstić information content (AvgIpc) is 2.80. The molecule has 3 rings (SSSR count). The van der Waals surface area contributed by atoms with Gasteiger partial charge in [-0.05, 0) is 24.3 Å². The summed E-state index contributed by atoms with van der Waals surface area (Å²) in [5, 5.41) is 0.00691. The number of halogens is 2. The van der Waals surface area contributed by atoms with Gasteiger partial charge in [0.15, 0.2) is 0 Å². The summed E-state index contributed by atoms with van der Waals surface area (Å²) in [4.78, 5) is 6.13. The Balaban J connectivity index is 1.47. The van der Waals surface area contributed by atoms with Crippen LogP contribution < -0.4 is 26.8 Å².